The maximum atomic E-state index is 7.40. The second kappa shape index (κ2) is 5.15. The lowest BCUT2D eigenvalue weighted by Gasteiger charge is -2.05. The zero-order valence-corrected chi connectivity index (χ0v) is 9.88. The highest BCUT2D eigenvalue weighted by Crippen LogP contribution is 2.23. The Hall–Kier alpha value is -1.31. The molecule has 0 saturated heterocycles. The van der Waals surface area contributed by atoms with Crippen LogP contribution in [-0.4, -0.2) is 13.0 Å². The van der Waals surface area contributed by atoms with Crippen LogP contribution in [0.25, 0.3) is 0 Å². The van der Waals surface area contributed by atoms with Crippen molar-refractivity contribution >= 4 is 5.90 Å². The topological polar surface area (TPSA) is 33.1 Å². The largest absolute Gasteiger partial charge is 0.484 e. The quantitative estimate of drug-likeness (QED) is 0.610. The molecule has 0 heterocycles. The Balaban J connectivity index is 1.88. The summed E-state index contributed by atoms with van der Waals surface area (Å²) in [7, 11) is 1.57. The maximum Gasteiger partial charge on any atom is 0.180 e. The minimum atomic E-state index is 0.390. The lowest BCUT2D eigenvalue weighted by Crippen LogP contribution is -1.99. The number of fused-ring (bicyclic) bond motifs is 1. The summed E-state index contributed by atoms with van der Waals surface area (Å²) < 4.78 is 4.85. The summed E-state index contributed by atoms with van der Waals surface area (Å²) in [6.45, 7) is 0. The monoisotopic (exact) mass is 217 g/mol. The molecule has 0 aliphatic heterocycles. The van der Waals surface area contributed by atoms with Crippen LogP contribution >= 0.6 is 0 Å². The first kappa shape index (κ1) is 11.2. The second-order valence-corrected chi connectivity index (χ2v) is 4.44. The molecule has 2 rings (SSSR count). The Bertz CT molecular complexity index is 384. The Morgan fingerprint density at radius 1 is 1.31 bits per heavy atom. The summed E-state index contributed by atoms with van der Waals surface area (Å²) in [5.74, 6) is 0.390. The van der Waals surface area contributed by atoms with Crippen LogP contribution < -0.4 is 0 Å². The molecule has 16 heavy (non-hydrogen) atoms. The van der Waals surface area contributed by atoms with Gasteiger partial charge in [0.1, 0.15) is 0 Å². The van der Waals surface area contributed by atoms with Crippen molar-refractivity contribution < 1.29 is 4.74 Å². The van der Waals surface area contributed by atoms with Crippen LogP contribution in [0.4, 0.5) is 0 Å². The number of aryl methyl sites for hydroxylation is 3. The van der Waals surface area contributed by atoms with Gasteiger partial charge in [-0.1, -0.05) is 18.2 Å². The number of ether oxygens (including phenoxy) is 1. The normalized spacial score (nSPS) is 13.6. The minimum absolute atomic E-state index is 0.390. The molecule has 0 saturated carbocycles. The van der Waals surface area contributed by atoms with Crippen molar-refractivity contribution in [3.63, 3.8) is 0 Å². The number of rotatable bonds is 4. The molecule has 0 fully saturated rings. The molecule has 86 valence electrons. The van der Waals surface area contributed by atoms with Crippen LogP contribution in [0.2, 0.25) is 0 Å². The van der Waals surface area contributed by atoms with Gasteiger partial charge in [0.15, 0.2) is 5.90 Å². The molecular weight excluding hydrogens is 198 g/mol. The Kier molecular flexibility index (Phi) is 3.60. The zero-order chi connectivity index (χ0) is 11.4. The fourth-order valence-corrected chi connectivity index (χ4v) is 2.34. The number of methoxy groups -OCH3 is 1. The van der Waals surface area contributed by atoms with Gasteiger partial charge >= 0.3 is 0 Å². The Morgan fingerprint density at radius 2 is 2.12 bits per heavy atom. The SMILES string of the molecule is COC(=N)CCCc1ccc2c(c1)CCC2. The third-order valence-electron chi connectivity index (χ3n) is 3.28. The summed E-state index contributed by atoms with van der Waals surface area (Å²) in [5.41, 5.74) is 4.48. The van der Waals surface area contributed by atoms with Crippen LogP contribution in [0.5, 0.6) is 0 Å². The first-order chi connectivity index (χ1) is 7.79. The number of hydrogen-bond acceptors (Lipinski definition) is 2. The molecule has 0 atom stereocenters. The molecule has 1 aromatic carbocycles. The minimum Gasteiger partial charge on any atom is -0.484 e. The van der Waals surface area contributed by atoms with Crippen molar-refractivity contribution in [3.8, 4) is 0 Å². The summed E-state index contributed by atoms with van der Waals surface area (Å²) in [4.78, 5) is 0. The summed E-state index contributed by atoms with van der Waals surface area (Å²) in [5, 5.41) is 7.40. The highest BCUT2D eigenvalue weighted by atomic mass is 16.5. The highest BCUT2D eigenvalue weighted by molar-refractivity contribution is 5.72. The average Bonchev–Trinajstić information content (AvgIpc) is 2.76. The number of nitrogens with one attached hydrogen (secondary N) is 1. The van der Waals surface area contributed by atoms with Gasteiger partial charge < -0.3 is 4.74 Å². The number of hydrogen-bond donors (Lipinski definition) is 1. The van der Waals surface area contributed by atoms with E-state index in [0.29, 0.717) is 5.90 Å². The van der Waals surface area contributed by atoms with Crippen molar-refractivity contribution in [2.75, 3.05) is 7.11 Å². The molecule has 0 unspecified atom stereocenters. The van der Waals surface area contributed by atoms with E-state index in [4.69, 9.17) is 10.1 Å². The predicted octanol–water partition coefficient (Wildman–Crippen LogP) is 3.12. The Morgan fingerprint density at radius 3 is 2.94 bits per heavy atom. The molecule has 1 aliphatic rings. The zero-order valence-electron chi connectivity index (χ0n) is 9.88. The van der Waals surface area contributed by atoms with Crippen LogP contribution in [0.3, 0.4) is 0 Å². The van der Waals surface area contributed by atoms with Gasteiger partial charge in [0.05, 0.1) is 7.11 Å². The third kappa shape index (κ3) is 2.63. The van der Waals surface area contributed by atoms with E-state index in [1.54, 1.807) is 12.7 Å². The molecule has 1 N–H and O–H groups in total. The predicted molar refractivity (Wildman–Crippen MR) is 66.1 cm³/mol. The van der Waals surface area contributed by atoms with Crippen molar-refractivity contribution in [3.05, 3.63) is 34.9 Å². The van der Waals surface area contributed by atoms with Crippen molar-refractivity contribution in [2.24, 2.45) is 0 Å². The smallest absolute Gasteiger partial charge is 0.180 e. The maximum absolute atomic E-state index is 7.40. The molecular formula is C14H19NO. The van der Waals surface area contributed by atoms with E-state index in [9.17, 15) is 0 Å². The van der Waals surface area contributed by atoms with E-state index in [1.165, 1.54) is 30.4 Å². The molecule has 1 aliphatic carbocycles. The molecule has 0 aromatic heterocycles. The molecule has 0 radical (unpaired) electrons. The van der Waals surface area contributed by atoms with Gasteiger partial charge in [0.25, 0.3) is 0 Å². The molecule has 1 aromatic rings. The van der Waals surface area contributed by atoms with Crippen LogP contribution in [-0.2, 0) is 24.0 Å². The van der Waals surface area contributed by atoms with E-state index >= 15 is 0 Å². The summed E-state index contributed by atoms with van der Waals surface area (Å²) in [6, 6.07) is 6.86. The van der Waals surface area contributed by atoms with Crippen molar-refractivity contribution in [1.29, 1.82) is 5.41 Å². The van der Waals surface area contributed by atoms with Gasteiger partial charge in [0.2, 0.25) is 0 Å². The van der Waals surface area contributed by atoms with Crippen LogP contribution in [0, 0.1) is 5.41 Å². The van der Waals surface area contributed by atoms with E-state index in [2.05, 4.69) is 18.2 Å². The van der Waals surface area contributed by atoms with Crippen molar-refractivity contribution in [2.45, 2.75) is 38.5 Å². The van der Waals surface area contributed by atoms with E-state index in [0.717, 1.165) is 19.3 Å². The number of benzene rings is 1. The molecule has 0 bridgehead atoms. The first-order valence-electron chi connectivity index (χ1n) is 6.01. The van der Waals surface area contributed by atoms with Gasteiger partial charge in [-0.2, -0.15) is 0 Å². The van der Waals surface area contributed by atoms with Gasteiger partial charge in [-0.05, 0) is 48.8 Å². The van der Waals surface area contributed by atoms with Crippen molar-refractivity contribution in [1.82, 2.24) is 0 Å². The first-order valence-corrected chi connectivity index (χ1v) is 6.01. The average molecular weight is 217 g/mol. The fourth-order valence-electron chi connectivity index (χ4n) is 2.34. The van der Waals surface area contributed by atoms with Crippen LogP contribution in [0.15, 0.2) is 18.2 Å². The van der Waals surface area contributed by atoms with Gasteiger partial charge in [-0.15, -0.1) is 0 Å². The van der Waals surface area contributed by atoms with E-state index < -0.39 is 0 Å². The van der Waals surface area contributed by atoms with Crippen LogP contribution in [0.1, 0.15) is 36.0 Å². The Labute approximate surface area is 97.1 Å². The molecule has 2 heteroatoms. The second-order valence-electron chi connectivity index (χ2n) is 4.44. The third-order valence-corrected chi connectivity index (χ3v) is 3.28. The summed E-state index contributed by atoms with van der Waals surface area (Å²) >= 11 is 0. The van der Waals surface area contributed by atoms with Gasteiger partial charge in [-0.25, -0.2) is 0 Å². The molecule has 0 amide bonds. The lowest BCUT2D eigenvalue weighted by atomic mass is 10.0. The molecule has 2 nitrogen and oxygen atoms in total. The lowest BCUT2D eigenvalue weighted by molar-refractivity contribution is 0.384. The van der Waals surface area contributed by atoms with E-state index in [-0.39, 0.29) is 0 Å². The van der Waals surface area contributed by atoms with E-state index in [1.807, 2.05) is 0 Å². The highest BCUT2D eigenvalue weighted by Gasteiger charge is 2.10. The standard InChI is InChI=1S/C14H19NO/c1-16-14(15)7-2-4-11-8-9-12-5-3-6-13(12)10-11/h8-10,15H,2-7H2,1H3. The fraction of sp³-hybridized carbons (Fsp3) is 0.500. The van der Waals surface area contributed by atoms with Gasteiger partial charge in [0, 0.05) is 6.42 Å². The summed E-state index contributed by atoms with van der Waals surface area (Å²) in [6.07, 6.45) is 6.62. The molecule has 0 spiro atoms. The van der Waals surface area contributed by atoms with Gasteiger partial charge in [-0.3, -0.25) is 5.41 Å².